The van der Waals surface area contributed by atoms with Crippen LogP contribution in [0.2, 0.25) is 0 Å². The highest BCUT2D eigenvalue weighted by atomic mass is 19.4. The van der Waals surface area contributed by atoms with Crippen molar-refractivity contribution in [3.63, 3.8) is 0 Å². The summed E-state index contributed by atoms with van der Waals surface area (Å²) in [5.74, 6) is -0.848. The lowest BCUT2D eigenvalue weighted by Crippen LogP contribution is -2.29. The lowest BCUT2D eigenvalue weighted by molar-refractivity contribution is -0.138. The average molecular weight is 538 g/mol. The Morgan fingerprint density at radius 2 is 1.56 bits per heavy atom. The SMILES string of the molecule is CN(C=C1N=C(c2cccc3ccccc23)OC1=O)CCCCCCN(C)C(=O)c1ccccc1C(F)(F)F. The summed E-state index contributed by atoms with van der Waals surface area (Å²) in [7, 11) is 3.37. The van der Waals surface area contributed by atoms with E-state index in [4.69, 9.17) is 4.74 Å². The maximum absolute atomic E-state index is 13.2. The molecule has 4 rings (SSSR count). The molecule has 0 N–H and O–H groups in total. The summed E-state index contributed by atoms with van der Waals surface area (Å²) in [6.45, 7) is 1.05. The van der Waals surface area contributed by atoms with Crippen molar-refractivity contribution in [2.24, 2.45) is 4.99 Å². The maximum atomic E-state index is 13.2. The molecule has 1 aliphatic rings. The van der Waals surface area contributed by atoms with Crippen molar-refractivity contribution in [2.75, 3.05) is 27.2 Å². The number of benzene rings is 3. The second kappa shape index (κ2) is 12.1. The zero-order valence-electron chi connectivity index (χ0n) is 21.9. The van der Waals surface area contributed by atoms with Crippen LogP contribution in [-0.2, 0) is 15.7 Å². The van der Waals surface area contributed by atoms with E-state index >= 15 is 0 Å². The van der Waals surface area contributed by atoms with Crippen LogP contribution in [-0.4, -0.2) is 54.8 Å². The first kappa shape index (κ1) is 27.9. The van der Waals surface area contributed by atoms with E-state index in [0.717, 1.165) is 41.7 Å². The van der Waals surface area contributed by atoms with Crippen LogP contribution in [0.5, 0.6) is 0 Å². The molecule has 1 amide bonds. The Kier molecular flexibility index (Phi) is 8.69. The van der Waals surface area contributed by atoms with Gasteiger partial charge in [-0.2, -0.15) is 13.2 Å². The summed E-state index contributed by atoms with van der Waals surface area (Å²) in [6, 6.07) is 18.4. The molecule has 1 aliphatic heterocycles. The predicted octanol–water partition coefficient (Wildman–Crippen LogP) is 6.27. The Bertz CT molecular complexity index is 1410. The van der Waals surface area contributed by atoms with Gasteiger partial charge < -0.3 is 14.5 Å². The number of hydrogen-bond donors (Lipinski definition) is 0. The van der Waals surface area contributed by atoms with E-state index in [1.165, 1.54) is 30.1 Å². The lowest BCUT2D eigenvalue weighted by Gasteiger charge is -2.20. The number of rotatable bonds is 10. The third-order valence-corrected chi connectivity index (χ3v) is 6.55. The molecule has 0 spiro atoms. The van der Waals surface area contributed by atoms with E-state index in [1.807, 2.05) is 54.4 Å². The van der Waals surface area contributed by atoms with Gasteiger partial charge in [0.2, 0.25) is 5.90 Å². The summed E-state index contributed by atoms with van der Waals surface area (Å²) in [5, 5.41) is 1.99. The fourth-order valence-electron chi connectivity index (χ4n) is 4.49. The first-order valence-corrected chi connectivity index (χ1v) is 12.8. The number of unbranched alkanes of at least 4 members (excludes halogenated alkanes) is 3. The Hall–Kier alpha value is -4.14. The minimum Gasteiger partial charge on any atom is -0.402 e. The van der Waals surface area contributed by atoms with E-state index in [1.54, 1.807) is 6.20 Å². The van der Waals surface area contributed by atoms with Gasteiger partial charge in [0.1, 0.15) is 0 Å². The van der Waals surface area contributed by atoms with Crippen LogP contribution in [0.25, 0.3) is 10.8 Å². The molecule has 39 heavy (non-hydrogen) atoms. The largest absolute Gasteiger partial charge is 0.417 e. The maximum Gasteiger partial charge on any atom is 0.417 e. The molecule has 0 fully saturated rings. The van der Waals surface area contributed by atoms with Crippen molar-refractivity contribution in [3.8, 4) is 0 Å². The Morgan fingerprint density at radius 3 is 2.33 bits per heavy atom. The number of cyclic esters (lactones) is 1. The van der Waals surface area contributed by atoms with Crippen molar-refractivity contribution in [2.45, 2.75) is 31.9 Å². The van der Waals surface area contributed by atoms with Gasteiger partial charge in [-0.05, 0) is 41.8 Å². The predicted molar refractivity (Wildman–Crippen MR) is 144 cm³/mol. The van der Waals surface area contributed by atoms with Crippen molar-refractivity contribution >= 4 is 28.5 Å². The number of ether oxygens (including phenoxy) is 1. The lowest BCUT2D eigenvalue weighted by atomic mass is 10.0. The number of halogens is 3. The van der Waals surface area contributed by atoms with Gasteiger partial charge in [-0.1, -0.05) is 61.4 Å². The fourth-order valence-corrected chi connectivity index (χ4v) is 4.49. The molecule has 0 unspecified atom stereocenters. The van der Waals surface area contributed by atoms with Crippen molar-refractivity contribution in [1.82, 2.24) is 9.80 Å². The van der Waals surface area contributed by atoms with Crippen molar-refractivity contribution in [3.05, 3.63) is 95.3 Å². The molecule has 0 radical (unpaired) electrons. The molecule has 1 heterocycles. The zero-order chi connectivity index (χ0) is 28.0. The monoisotopic (exact) mass is 537 g/mol. The van der Waals surface area contributed by atoms with E-state index < -0.39 is 23.6 Å². The Morgan fingerprint density at radius 1 is 0.897 bits per heavy atom. The molecule has 0 aromatic heterocycles. The molecule has 3 aromatic carbocycles. The number of carbonyl (C=O) groups excluding carboxylic acids is 2. The minimum absolute atomic E-state index is 0.236. The van der Waals surface area contributed by atoms with Crippen LogP contribution in [0.1, 0.15) is 47.2 Å². The standard InChI is InChI=1S/C30H30F3N3O3/c1-35(20-26-29(38)39-27(34-26)23-16-11-13-21-12-5-6-14-22(21)23)18-9-3-4-10-19-36(2)28(37)24-15-7-8-17-25(24)30(31,32)33/h5-8,11-17,20H,3-4,9-10,18-19H2,1-2H3. The fraction of sp³-hybridized carbons (Fsp3) is 0.300. The number of esters is 1. The third-order valence-electron chi connectivity index (χ3n) is 6.55. The van der Waals surface area contributed by atoms with Gasteiger partial charge in [0.05, 0.1) is 11.1 Å². The minimum atomic E-state index is -4.58. The Balaban J connectivity index is 1.23. The second-order valence-corrected chi connectivity index (χ2v) is 9.51. The molecular formula is C30H30F3N3O3. The Labute approximate surface area is 225 Å². The summed E-state index contributed by atoms with van der Waals surface area (Å²) >= 11 is 0. The molecule has 0 bridgehead atoms. The summed E-state index contributed by atoms with van der Waals surface area (Å²) in [6.07, 6.45) is 0.283. The van der Waals surface area contributed by atoms with Gasteiger partial charge in [-0.3, -0.25) is 4.79 Å². The van der Waals surface area contributed by atoms with Crippen LogP contribution in [0.4, 0.5) is 13.2 Å². The first-order chi connectivity index (χ1) is 18.6. The van der Waals surface area contributed by atoms with Crippen molar-refractivity contribution in [1.29, 1.82) is 0 Å². The zero-order valence-corrected chi connectivity index (χ0v) is 21.9. The van der Waals surface area contributed by atoms with Gasteiger partial charge in [-0.25, -0.2) is 9.79 Å². The molecule has 204 valence electrons. The number of carbonyl (C=O) groups is 2. The molecule has 9 heteroatoms. The van der Waals surface area contributed by atoms with Gasteiger partial charge in [0.15, 0.2) is 5.70 Å². The van der Waals surface area contributed by atoms with E-state index in [2.05, 4.69) is 4.99 Å². The molecular weight excluding hydrogens is 507 g/mol. The highest BCUT2D eigenvalue weighted by Gasteiger charge is 2.35. The molecule has 0 saturated heterocycles. The third kappa shape index (κ3) is 6.85. The van der Waals surface area contributed by atoms with E-state index in [0.29, 0.717) is 19.5 Å². The van der Waals surface area contributed by atoms with Gasteiger partial charge in [0, 0.05) is 38.9 Å². The number of alkyl halides is 3. The first-order valence-electron chi connectivity index (χ1n) is 12.8. The van der Waals surface area contributed by atoms with Crippen LogP contribution in [0, 0.1) is 0 Å². The smallest absolute Gasteiger partial charge is 0.402 e. The molecule has 6 nitrogen and oxygen atoms in total. The van der Waals surface area contributed by atoms with Crippen LogP contribution in [0.15, 0.2) is 83.6 Å². The molecule has 0 saturated carbocycles. The van der Waals surface area contributed by atoms with E-state index in [-0.39, 0.29) is 17.2 Å². The average Bonchev–Trinajstić information content (AvgIpc) is 3.28. The highest BCUT2D eigenvalue weighted by molar-refractivity contribution is 6.16. The number of nitrogens with zero attached hydrogens (tertiary/aromatic N) is 3. The van der Waals surface area contributed by atoms with Gasteiger partial charge in [0.25, 0.3) is 5.91 Å². The molecule has 0 atom stereocenters. The molecule has 3 aromatic rings. The topological polar surface area (TPSA) is 62.2 Å². The van der Waals surface area contributed by atoms with Gasteiger partial charge >= 0.3 is 12.1 Å². The normalized spacial score (nSPS) is 14.4. The van der Waals surface area contributed by atoms with Crippen LogP contribution in [0.3, 0.4) is 0 Å². The van der Waals surface area contributed by atoms with Crippen LogP contribution >= 0.6 is 0 Å². The van der Waals surface area contributed by atoms with Crippen LogP contribution < -0.4 is 0 Å². The number of fused-ring (bicyclic) bond motifs is 1. The summed E-state index contributed by atoms with van der Waals surface area (Å²) in [5.41, 5.74) is -0.254. The highest BCUT2D eigenvalue weighted by Crippen LogP contribution is 2.32. The quantitative estimate of drug-likeness (QED) is 0.174. The number of amides is 1. The second-order valence-electron chi connectivity index (χ2n) is 9.51. The summed E-state index contributed by atoms with van der Waals surface area (Å²) < 4.78 is 45.1. The number of aliphatic imine (C=N–C) groups is 1. The number of hydrogen-bond acceptors (Lipinski definition) is 5. The van der Waals surface area contributed by atoms with Crippen molar-refractivity contribution < 1.29 is 27.5 Å². The van der Waals surface area contributed by atoms with E-state index in [9.17, 15) is 22.8 Å². The van der Waals surface area contributed by atoms with Gasteiger partial charge in [-0.15, -0.1) is 0 Å². The summed E-state index contributed by atoms with van der Waals surface area (Å²) in [4.78, 5) is 32.6. The molecule has 0 aliphatic carbocycles.